The molecule has 1 aromatic rings. The number of carboxylic acid groups (broad SMARTS) is 3. The van der Waals surface area contributed by atoms with Crippen LogP contribution in [0.5, 0.6) is 0 Å². The highest BCUT2D eigenvalue weighted by molar-refractivity contribution is 5.84. The molecule has 0 aliphatic rings. The van der Waals surface area contributed by atoms with E-state index in [9.17, 15) is 24.6 Å². The Hall–Kier alpha value is -2.57. The largest absolute Gasteiger partial charge is 0.481 e. The van der Waals surface area contributed by atoms with Gasteiger partial charge in [0, 0.05) is 5.92 Å². The molecule has 0 aliphatic heterocycles. The van der Waals surface area contributed by atoms with E-state index < -0.39 is 35.9 Å². The highest BCUT2D eigenvalue weighted by atomic mass is 16.4. The lowest BCUT2D eigenvalue weighted by molar-refractivity contribution is -0.154. The van der Waals surface area contributed by atoms with Crippen molar-refractivity contribution >= 4 is 18.0 Å². The fourth-order valence-electron chi connectivity index (χ4n) is 2.25. The molecule has 22 heavy (non-hydrogen) atoms. The van der Waals surface area contributed by atoms with Crippen molar-refractivity contribution in [2.45, 2.75) is 32.4 Å². The van der Waals surface area contributed by atoms with E-state index in [0.29, 0.717) is 5.56 Å². The molecule has 1 amide bonds. The van der Waals surface area contributed by atoms with Gasteiger partial charge in [-0.1, -0.05) is 37.3 Å². The van der Waals surface area contributed by atoms with Crippen LogP contribution < -0.4 is 0 Å². The number of rotatable bonds is 7. The van der Waals surface area contributed by atoms with Crippen LogP contribution in [0.4, 0.5) is 4.79 Å². The Morgan fingerprint density at radius 2 is 1.68 bits per heavy atom. The van der Waals surface area contributed by atoms with Crippen LogP contribution in [0.2, 0.25) is 0 Å². The molecule has 1 rings (SSSR count). The van der Waals surface area contributed by atoms with Crippen molar-refractivity contribution in [2.75, 3.05) is 0 Å². The van der Waals surface area contributed by atoms with Crippen molar-refractivity contribution in [1.82, 2.24) is 4.90 Å². The molecule has 0 fully saturated rings. The maximum Gasteiger partial charge on any atom is 0.408 e. The molecule has 0 radical (unpaired) electrons. The van der Waals surface area contributed by atoms with Crippen molar-refractivity contribution in [3.63, 3.8) is 0 Å². The van der Waals surface area contributed by atoms with Crippen LogP contribution in [0.25, 0.3) is 0 Å². The van der Waals surface area contributed by atoms with E-state index in [1.165, 1.54) is 13.8 Å². The second kappa shape index (κ2) is 6.93. The fraction of sp³-hybridized carbons (Fsp3) is 0.400. The summed E-state index contributed by atoms with van der Waals surface area (Å²) in [5, 5.41) is 27.8. The molecule has 0 saturated heterocycles. The monoisotopic (exact) mass is 309 g/mol. The second-order valence-corrected chi connectivity index (χ2v) is 5.31. The van der Waals surface area contributed by atoms with Crippen molar-refractivity contribution < 1.29 is 29.7 Å². The molecule has 1 unspecified atom stereocenters. The number of hydrogen-bond donors (Lipinski definition) is 3. The molecule has 0 spiro atoms. The molecule has 0 heterocycles. The first kappa shape index (κ1) is 17.5. The Balaban J connectivity index is 3.19. The zero-order valence-electron chi connectivity index (χ0n) is 12.4. The van der Waals surface area contributed by atoms with Gasteiger partial charge in [0.1, 0.15) is 5.54 Å². The Bertz CT molecular complexity index is 558. The lowest BCUT2D eigenvalue weighted by Gasteiger charge is -2.40. The van der Waals surface area contributed by atoms with Crippen LogP contribution in [-0.4, -0.2) is 43.8 Å². The van der Waals surface area contributed by atoms with Crippen LogP contribution in [0.15, 0.2) is 30.3 Å². The molecular formula is C15H19NO6. The summed E-state index contributed by atoms with van der Waals surface area (Å²) in [7, 11) is 0. The van der Waals surface area contributed by atoms with E-state index in [-0.39, 0.29) is 6.54 Å². The van der Waals surface area contributed by atoms with Gasteiger partial charge in [-0.25, -0.2) is 9.59 Å². The van der Waals surface area contributed by atoms with Gasteiger partial charge >= 0.3 is 18.0 Å². The van der Waals surface area contributed by atoms with Gasteiger partial charge in [0.25, 0.3) is 0 Å². The topological polar surface area (TPSA) is 115 Å². The number of carbonyl (C=O) groups is 3. The zero-order chi connectivity index (χ0) is 16.9. The number of carboxylic acids is 2. The van der Waals surface area contributed by atoms with E-state index in [1.54, 1.807) is 30.3 Å². The number of benzene rings is 1. The summed E-state index contributed by atoms with van der Waals surface area (Å²) >= 11 is 0. The van der Waals surface area contributed by atoms with Crippen molar-refractivity contribution in [3.8, 4) is 0 Å². The quantitative estimate of drug-likeness (QED) is 0.710. The molecule has 7 nitrogen and oxygen atoms in total. The molecule has 0 bridgehead atoms. The molecule has 0 aromatic heterocycles. The smallest absolute Gasteiger partial charge is 0.408 e. The van der Waals surface area contributed by atoms with Crippen LogP contribution in [0, 0.1) is 5.92 Å². The summed E-state index contributed by atoms with van der Waals surface area (Å²) in [5.74, 6) is -3.45. The van der Waals surface area contributed by atoms with Crippen molar-refractivity contribution in [3.05, 3.63) is 35.9 Å². The second-order valence-electron chi connectivity index (χ2n) is 5.31. The van der Waals surface area contributed by atoms with E-state index in [0.717, 1.165) is 4.90 Å². The fourth-order valence-corrected chi connectivity index (χ4v) is 2.25. The van der Waals surface area contributed by atoms with Crippen LogP contribution in [0.1, 0.15) is 25.8 Å². The summed E-state index contributed by atoms with van der Waals surface area (Å²) in [6.07, 6.45) is -1.85. The first-order chi connectivity index (χ1) is 10.2. The van der Waals surface area contributed by atoms with Gasteiger partial charge < -0.3 is 15.3 Å². The molecule has 120 valence electrons. The molecule has 0 saturated carbocycles. The lowest BCUT2D eigenvalue weighted by Crippen LogP contribution is -2.58. The zero-order valence-corrected chi connectivity index (χ0v) is 12.4. The highest BCUT2D eigenvalue weighted by Gasteiger charge is 2.47. The maximum atomic E-state index is 11.7. The van der Waals surface area contributed by atoms with Crippen LogP contribution in [0.3, 0.4) is 0 Å². The summed E-state index contributed by atoms with van der Waals surface area (Å²) in [5.41, 5.74) is -1.22. The molecule has 0 aliphatic carbocycles. The van der Waals surface area contributed by atoms with Crippen LogP contribution >= 0.6 is 0 Å². The SMILES string of the molecule is CC(CC(=O)O)[C@@](C)(C(=O)O)N(Cc1ccccc1)C(=O)O. The van der Waals surface area contributed by atoms with Gasteiger partial charge in [0.15, 0.2) is 0 Å². The van der Waals surface area contributed by atoms with Gasteiger partial charge in [0.2, 0.25) is 0 Å². The third-order valence-corrected chi connectivity index (χ3v) is 3.85. The van der Waals surface area contributed by atoms with Crippen molar-refractivity contribution in [2.24, 2.45) is 5.92 Å². The average Bonchev–Trinajstić information content (AvgIpc) is 2.43. The molecule has 7 heteroatoms. The highest BCUT2D eigenvalue weighted by Crippen LogP contribution is 2.30. The van der Waals surface area contributed by atoms with E-state index in [1.807, 2.05) is 0 Å². The Labute approximate surface area is 127 Å². The predicted molar refractivity (Wildman–Crippen MR) is 77.5 cm³/mol. The number of nitrogens with zero attached hydrogens (tertiary/aromatic N) is 1. The minimum absolute atomic E-state index is 0.136. The molecular weight excluding hydrogens is 290 g/mol. The summed E-state index contributed by atoms with van der Waals surface area (Å²) < 4.78 is 0. The third-order valence-electron chi connectivity index (χ3n) is 3.85. The average molecular weight is 309 g/mol. The lowest BCUT2D eigenvalue weighted by atomic mass is 9.82. The standard InChI is InChI=1S/C15H19NO6/c1-10(8-12(17)18)15(2,13(19)20)16(14(21)22)9-11-6-4-3-5-7-11/h3-7,10H,8-9H2,1-2H3,(H,17,18)(H,19,20)(H,21,22)/t10?,15-/m0/s1. The number of amides is 1. The maximum absolute atomic E-state index is 11.7. The Morgan fingerprint density at radius 1 is 1.14 bits per heavy atom. The van der Waals surface area contributed by atoms with Gasteiger partial charge in [-0.3, -0.25) is 9.69 Å². The van der Waals surface area contributed by atoms with E-state index in [4.69, 9.17) is 5.11 Å². The first-order valence-corrected chi connectivity index (χ1v) is 6.69. The third kappa shape index (κ3) is 3.75. The van der Waals surface area contributed by atoms with E-state index >= 15 is 0 Å². The minimum Gasteiger partial charge on any atom is -0.481 e. The Kier molecular flexibility index (Phi) is 5.50. The molecule has 1 aromatic carbocycles. The van der Waals surface area contributed by atoms with Gasteiger partial charge in [0.05, 0.1) is 13.0 Å². The molecule has 2 atom stereocenters. The minimum atomic E-state index is -1.85. The number of aliphatic carboxylic acids is 2. The number of hydrogen-bond acceptors (Lipinski definition) is 3. The van der Waals surface area contributed by atoms with Gasteiger partial charge in [-0.2, -0.15) is 0 Å². The summed E-state index contributed by atoms with van der Waals surface area (Å²) in [6, 6.07) is 8.56. The Morgan fingerprint density at radius 3 is 2.09 bits per heavy atom. The predicted octanol–water partition coefficient (Wildman–Crippen LogP) is 2.12. The first-order valence-electron chi connectivity index (χ1n) is 6.69. The van der Waals surface area contributed by atoms with E-state index in [2.05, 4.69) is 0 Å². The summed E-state index contributed by atoms with van der Waals surface area (Å²) in [6.45, 7) is 2.52. The molecule has 3 N–H and O–H groups in total. The van der Waals surface area contributed by atoms with Gasteiger partial charge in [-0.15, -0.1) is 0 Å². The normalized spacial score (nSPS) is 14.6. The van der Waals surface area contributed by atoms with Crippen LogP contribution in [-0.2, 0) is 16.1 Å². The van der Waals surface area contributed by atoms with Crippen molar-refractivity contribution in [1.29, 1.82) is 0 Å². The summed E-state index contributed by atoms with van der Waals surface area (Å²) in [4.78, 5) is 34.9. The van der Waals surface area contributed by atoms with Gasteiger partial charge in [-0.05, 0) is 12.5 Å².